The van der Waals surface area contributed by atoms with E-state index in [0.29, 0.717) is 38.0 Å². The highest BCUT2D eigenvalue weighted by Crippen LogP contribution is 2.22. The van der Waals surface area contributed by atoms with Crippen molar-refractivity contribution in [1.29, 1.82) is 0 Å². The van der Waals surface area contributed by atoms with E-state index < -0.39 is 10.0 Å². The van der Waals surface area contributed by atoms with Crippen LogP contribution in [0, 0.1) is 11.7 Å². The number of benzene rings is 2. The van der Waals surface area contributed by atoms with E-state index in [4.69, 9.17) is 0 Å². The fraction of sp³-hybridized carbons (Fsp3) is 0.409. The van der Waals surface area contributed by atoms with Crippen molar-refractivity contribution in [2.24, 2.45) is 5.92 Å². The van der Waals surface area contributed by atoms with E-state index >= 15 is 0 Å². The molecule has 3 rings (SSSR count). The number of hydrogen-bond donors (Lipinski definition) is 1. The number of thioether (sulfide) groups is 1. The van der Waals surface area contributed by atoms with Crippen molar-refractivity contribution in [3.8, 4) is 0 Å². The molecular weight excluding hydrogens is 423 g/mol. The zero-order chi connectivity index (χ0) is 21.4. The maximum Gasteiger partial charge on any atom is 0.223 e. The highest BCUT2D eigenvalue weighted by Gasteiger charge is 2.31. The first-order valence-corrected chi connectivity index (χ1v) is 12.8. The Morgan fingerprint density at radius 2 is 1.70 bits per heavy atom. The number of amides is 1. The molecule has 8 heteroatoms. The summed E-state index contributed by atoms with van der Waals surface area (Å²) in [6, 6.07) is 15.7. The van der Waals surface area contributed by atoms with Gasteiger partial charge in [0.25, 0.3) is 0 Å². The van der Waals surface area contributed by atoms with Crippen molar-refractivity contribution in [3.05, 3.63) is 71.5 Å². The first kappa shape index (κ1) is 22.8. The first-order valence-electron chi connectivity index (χ1n) is 10.1. The lowest BCUT2D eigenvalue weighted by atomic mass is 9.97. The predicted octanol–water partition coefficient (Wildman–Crippen LogP) is 3.42. The molecule has 1 fully saturated rings. The number of sulfonamides is 1. The molecule has 0 aliphatic carbocycles. The van der Waals surface area contributed by atoms with E-state index in [9.17, 15) is 17.6 Å². The number of nitrogens with one attached hydrogen (secondary N) is 1. The molecule has 1 saturated heterocycles. The Morgan fingerprint density at radius 3 is 2.37 bits per heavy atom. The number of piperidine rings is 1. The molecule has 0 radical (unpaired) electrons. The molecule has 0 unspecified atom stereocenters. The van der Waals surface area contributed by atoms with Gasteiger partial charge in [-0.1, -0.05) is 42.5 Å². The van der Waals surface area contributed by atoms with Gasteiger partial charge in [0.15, 0.2) is 0 Å². The topological polar surface area (TPSA) is 66.5 Å². The SMILES string of the molecule is O=C(NCCSCc1ccccc1)C1CCN(S(=O)(=O)Cc2ccc(F)cc2)CC1. The number of rotatable bonds is 9. The van der Waals surface area contributed by atoms with Crippen LogP contribution in [0.4, 0.5) is 4.39 Å². The minimum atomic E-state index is -3.47. The summed E-state index contributed by atoms with van der Waals surface area (Å²) >= 11 is 1.77. The van der Waals surface area contributed by atoms with E-state index in [1.807, 2.05) is 18.2 Å². The van der Waals surface area contributed by atoms with E-state index in [0.717, 1.165) is 11.5 Å². The molecule has 5 nitrogen and oxygen atoms in total. The summed E-state index contributed by atoms with van der Waals surface area (Å²) in [5.74, 6) is 1.07. The molecular formula is C22H27FN2O3S2. The molecule has 1 amide bonds. The van der Waals surface area contributed by atoms with Gasteiger partial charge in [0.1, 0.15) is 5.82 Å². The van der Waals surface area contributed by atoms with Crippen molar-refractivity contribution < 1.29 is 17.6 Å². The van der Waals surface area contributed by atoms with Gasteiger partial charge < -0.3 is 5.32 Å². The van der Waals surface area contributed by atoms with Crippen LogP contribution in [0.1, 0.15) is 24.0 Å². The van der Waals surface area contributed by atoms with Crippen molar-refractivity contribution in [2.45, 2.75) is 24.3 Å². The number of nitrogens with zero attached hydrogens (tertiary/aromatic N) is 1. The van der Waals surface area contributed by atoms with Crippen LogP contribution in [-0.2, 0) is 26.3 Å². The van der Waals surface area contributed by atoms with Gasteiger partial charge in [-0.25, -0.2) is 17.1 Å². The largest absolute Gasteiger partial charge is 0.355 e. The lowest BCUT2D eigenvalue weighted by Crippen LogP contribution is -2.43. The van der Waals surface area contributed by atoms with Gasteiger partial charge in [0.2, 0.25) is 15.9 Å². The van der Waals surface area contributed by atoms with Crippen LogP contribution in [0.15, 0.2) is 54.6 Å². The second kappa shape index (κ2) is 10.9. The highest BCUT2D eigenvalue weighted by molar-refractivity contribution is 7.98. The normalized spacial score (nSPS) is 15.8. The van der Waals surface area contributed by atoms with Crippen molar-refractivity contribution in [2.75, 3.05) is 25.4 Å². The smallest absolute Gasteiger partial charge is 0.223 e. The summed E-state index contributed by atoms with van der Waals surface area (Å²) in [6.07, 6.45) is 1.04. The van der Waals surface area contributed by atoms with Gasteiger partial charge in [-0.05, 0) is 36.1 Å². The van der Waals surface area contributed by atoms with E-state index in [1.165, 1.54) is 34.1 Å². The summed E-state index contributed by atoms with van der Waals surface area (Å²) < 4.78 is 39.7. The Balaban J connectivity index is 1.36. The fourth-order valence-electron chi connectivity index (χ4n) is 3.43. The Hall–Kier alpha value is -1.90. The number of halogens is 1. The fourth-order valence-corrected chi connectivity index (χ4v) is 5.82. The van der Waals surface area contributed by atoms with Gasteiger partial charge in [-0.3, -0.25) is 4.79 Å². The zero-order valence-electron chi connectivity index (χ0n) is 16.8. The molecule has 0 spiro atoms. The maximum atomic E-state index is 13.0. The second-order valence-corrected chi connectivity index (χ2v) is 10.5. The molecule has 162 valence electrons. The average Bonchev–Trinajstić information content (AvgIpc) is 2.76. The van der Waals surface area contributed by atoms with Gasteiger partial charge >= 0.3 is 0 Å². The quantitative estimate of drug-likeness (QED) is 0.595. The number of hydrogen-bond acceptors (Lipinski definition) is 4. The average molecular weight is 451 g/mol. The molecule has 0 atom stereocenters. The Bertz CT molecular complexity index is 913. The minimum absolute atomic E-state index is 0.00546. The van der Waals surface area contributed by atoms with Crippen LogP contribution in [-0.4, -0.2) is 44.0 Å². The summed E-state index contributed by atoms with van der Waals surface area (Å²) in [4.78, 5) is 12.4. The minimum Gasteiger partial charge on any atom is -0.355 e. The molecule has 0 aromatic heterocycles. The van der Waals surface area contributed by atoms with Crippen LogP contribution in [0.3, 0.4) is 0 Å². The molecule has 1 aliphatic heterocycles. The van der Waals surface area contributed by atoms with Crippen molar-refractivity contribution in [1.82, 2.24) is 9.62 Å². The third-order valence-corrected chi connectivity index (χ3v) is 8.02. The molecule has 0 bridgehead atoms. The summed E-state index contributed by atoms with van der Waals surface area (Å²) in [5.41, 5.74) is 1.83. The molecule has 30 heavy (non-hydrogen) atoms. The molecule has 1 N–H and O–H groups in total. The Labute approximate surface area is 182 Å². The van der Waals surface area contributed by atoms with E-state index in [1.54, 1.807) is 11.8 Å². The Kier molecular flexibility index (Phi) is 8.30. The lowest BCUT2D eigenvalue weighted by molar-refractivity contribution is -0.125. The van der Waals surface area contributed by atoms with Crippen LogP contribution in [0.2, 0.25) is 0 Å². The maximum absolute atomic E-state index is 13.0. The highest BCUT2D eigenvalue weighted by atomic mass is 32.2. The molecule has 1 aliphatic rings. The van der Waals surface area contributed by atoms with Gasteiger partial charge in [0.05, 0.1) is 5.75 Å². The summed E-state index contributed by atoms with van der Waals surface area (Å²) in [5, 5.41) is 2.97. The van der Waals surface area contributed by atoms with Crippen LogP contribution in [0.25, 0.3) is 0 Å². The number of carbonyl (C=O) groups is 1. The summed E-state index contributed by atoms with van der Waals surface area (Å²) in [6.45, 7) is 1.29. The predicted molar refractivity (Wildman–Crippen MR) is 119 cm³/mol. The van der Waals surface area contributed by atoms with Gasteiger partial charge in [0, 0.05) is 37.1 Å². The molecule has 2 aromatic carbocycles. The summed E-state index contributed by atoms with van der Waals surface area (Å²) in [7, 11) is -3.47. The zero-order valence-corrected chi connectivity index (χ0v) is 18.4. The number of carbonyl (C=O) groups excluding carboxylic acids is 1. The Morgan fingerprint density at radius 1 is 1.03 bits per heavy atom. The van der Waals surface area contributed by atoms with Crippen molar-refractivity contribution in [3.63, 3.8) is 0 Å². The lowest BCUT2D eigenvalue weighted by Gasteiger charge is -2.30. The molecule has 0 saturated carbocycles. The van der Waals surface area contributed by atoms with Crippen molar-refractivity contribution >= 4 is 27.7 Å². The van der Waals surface area contributed by atoms with E-state index in [-0.39, 0.29) is 23.4 Å². The molecule has 1 heterocycles. The molecule has 2 aromatic rings. The standard InChI is InChI=1S/C22H27FN2O3S2/c23-21-8-6-19(7-9-21)17-30(27,28)25-13-10-20(11-14-25)22(26)24-12-15-29-16-18-4-2-1-3-5-18/h1-9,20H,10-17H2,(H,24,26). The second-order valence-electron chi connectivity index (χ2n) is 7.39. The van der Waals surface area contributed by atoms with Crippen LogP contribution >= 0.6 is 11.8 Å². The van der Waals surface area contributed by atoms with Gasteiger partial charge in [-0.15, -0.1) is 0 Å². The van der Waals surface area contributed by atoms with Gasteiger partial charge in [-0.2, -0.15) is 11.8 Å². The van der Waals surface area contributed by atoms with Crippen LogP contribution in [0.5, 0.6) is 0 Å². The third kappa shape index (κ3) is 6.82. The first-order chi connectivity index (χ1) is 14.4. The van der Waals surface area contributed by atoms with E-state index in [2.05, 4.69) is 17.4 Å². The monoisotopic (exact) mass is 450 g/mol. The van der Waals surface area contributed by atoms with Crippen LogP contribution < -0.4 is 5.32 Å². The third-order valence-electron chi connectivity index (χ3n) is 5.14.